The minimum atomic E-state index is -0.612. The lowest BCUT2D eigenvalue weighted by molar-refractivity contribution is -0.142. The molecule has 8 nitrogen and oxygen atoms in total. The third-order valence-electron chi connectivity index (χ3n) is 5.85. The van der Waals surface area contributed by atoms with Gasteiger partial charge in [0.05, 0.1) is 13.2 Å². The number of nitrogens with one attached hydrogen (secondary N) is 2. The van der Waals surface area contributed by atoms with Crippen LogP contribution in [0.1, 0.15) is 110 Å². The molecule has 2 atom stereocenters. The maximum Gasteiger partial charge on any atom is 0.322 e. The number of hydrogen-bond donors (Lipinski definition) is 4. The molecule has 0 fully saturated rings. The first-order valence-electron chi connectivity index (χ1n) is 13.1. The molecule has 6 N–H and O–H groups in total. The highest BCUT2D eigenvalue weighted by Crippen LogP contribution is 2.10. The van der Waals surface area contributed by atoms with Crippen molar-refractivity contribution in [1.82, 2.24) is 10.6 Å². The summed E-state index contributed by atoms with van der Waals surface area (Å²) in [4.78, 5) is 35.1. The van der Waals surface area contributed by atoms with Crippen molar-refractivity contribution in [3.05, 3.63) is 0 Å². The van der Waals surface area contributed by atoms with Crippen molar-refractivity contribution < 1.29 is 19.1 Å². The molecule has 2 amide bonds. The van der Waals surface area contributed by atoms with Crippen molar-refractivity contribution in [3.63, 3.8) is 0 Å². The zero-order valence-corrected chi connectivity index (χ0v) is 23.6. The SMILES string of the molecule is CCCCCCCCCCCC(=O)NCCCC[C@H](N)C(=O)NCCCC[C@H](N)C(=O)OC.Cl.Cl. The molecule has 0 aromatic carbocycles. The smallest absolute Gasteiger partial charge is 0.322 e. The average Bonchev–Trinajstić information content (AvgIpc) is 2.81. The Morgan fingerprint density at radius 3 is 1.71 bits per heavy atom. The molecule has 0 spiro atoms. The molecule has 0 bridgehead atoms. The van der Waals surface area contributed by atoms with Gasteiger partial charge in [-0.2, -0.15) is 0 Å². The van der Waals surface area contributed by atoms with E-state index >= 15 is 0 Å². The van der Waals surface area contributed by atoms with Crippen LogP contribution in [0.25, 0.3) is 0 Å². The highest BCUT2D eigenvalue weighted by atomic mass is 35.5. The fourth-order valence-electron chi connectivity index (χ4n) is 3.63. The molecule has 0 rings (SSSR count). The van der Waals surface area contributed by atoms with E-state index in [9.17, 15) is 14.4 Å². The third-order valence-corrected chi connectivity index (χ3v) is 5.85. The van der Waals surface area contributed by atoms with Crippen LogP contribution in [0.3, 0.4) is 0 Å². The van der Waals surface area contributed by atoms with Crippen LogP contribution in [0.5, 0.6) is 0 Å². The number of unbranched alkanes of at least 4 members (excludes halogenated alkanes) is 10. The maximum atomic E-state index is 12.0. The second-order valence-electron chi connectivity index (χ2n) is 8.95. The van der Waals surface area contributed by atoms with Gasteiger partial charge in [-0.15, -0.1) is 24.8 Å². The molecule has 0 aliphatic rings. The van der Waals surface area contributed by atoms with Gasteiger partial charge in [-0.3, -0.25) is 14.4 Å². The second-order valence-corrected chi connectivity index (χ2v) is 8.95. The Labute approximate surface area is 225 Å². The Hall–Kier alpha value is -1.09. The number of amides is 2. The van der Waals surface area contributed by atoms with Gasteiger partial charge in [-0.1, -0.05) is 58.3 Å². The van der Waals surface area contributed by atoms with E-state index in [1.807, 2.05) is 0 Å². The summed E-state index contributed by atoms with van der Waals surface area (Å²) in [5.41, 5.74) is 11.6. The predicted molar refractivity (Wildman–Crippen MR) is 148 cm³/mol. The van der Waals surface area contributed by atoms with Crippen molar-refractivity contribution in [2.45, 2.75) is 122 Å². The lowest BCUT2D eigenvalue weighted by atomic mass is 10.1. The van der Waals surface area contributed by atoms with E-state index in [0.717, 1.165) is 38.5 Å². The van der Waals surface area contributed by atoms with Crippen LogP contribution >= 0.6 is 24.8 Å². The van der Waals surface area contributed by atoms with Gasteiger partial charge in [0.2, 0.25) is 11.8 Å². The largest absolute Gasteiger partial charge is 0.468 e. The summed E-state index contributed by atoms with van der Waals surface area (Å²) in [5.74, 6) is -0.464. The number of carbonyl (C=O) groups is 3. The first-order chi connectivity index (χ1) is 15.9. The Kier molecular flexibility index (Phi) is 30.2. The zero-order valence-electron chi connectivity index (χ0n) is 22.0. The first kappa shape index (κ1) is 38.4. The van der Waals surface area contributed by atoms with Crippen LogP contribution in [0.4, 0.5) is 0 Å². The molecule has 10 heteroatoms. The molecule has 0 aromatic rings. The molecular formula is C25H52Cl2N4O4. The van der Waals surface area contributed by atoms with Crippen molar-refractivity contribution in [2.75, 3.05) is 20.2 Å². The monoisotopic (exact) mass is 542 g/mol. The lowest BCUT2D eigenvalue weighted by Crippen LogP contribution is -2.41. The highest BCUT2D eigenvalue weighted by molar-refractivity contribution is 5.85. The Morgan fingerprint density at radius 2 is 1.17 bits per heavy atom. The van der Waals surface area contributed by atoms with E-state index in [1.54, 1.807) is 0 Å². The van der Waals surface area contributed by atoms with Crippen LogP contribution in [0.2, 0.25) is 0 Å². The predicted octanol–water partition coefficient (Wildman–Crippen LogP) is 4.15. The summed E-state index contributed by atoms with van der Waals surface area (Å²) in [6, 6.07) is -1.15. The maximum absolute atomic E-state index is 12.0. The Bertz CT molecular complexity index is 528. The van der Waals surface area contributed by atoms with Crippen molar-refractivity contribution in [2.24, 2.45) is 11.5 Å². The van der Waals surface area contributed by atoms with Crippen molar-refractivity contribution in [3.8, 4) is 0 Å². The van der Waals surface area contributed by atoms with E-state index < -0.39 is 18.1 Å². The Morgan fingerprint density at radius 1 is 0.686 bits per heavy atom. The lowest BCUT2D eigenvalue weighted by Gasteiger charge is -2.13. The Balaban J connectivity index is -0.00000512. The van der Waals surface area contributed by atoms with Gasteiger partial charge >= 0.3 is 5.97 Å². The summed E-state index contributed by atoms with van der Waals surface area (Å²) in [7, 11) is 1.32. The number of rotatable bonds is 22. The number of halogens is 2. The van der Waals surface area contributed by atoms with Gasteiger partial charge in [-0.05, 0) is 44.9 Å². The molecule has 210 valence electrons. The molecule has 0 saturated carbocycles. The normalized spacial score (nSPS) is 12.0. The van der Waals surface area contributed by atoms with E-state index in [2.05, 4.69) is 22.3 Å². The molecule has 0 unspecified atom stereocenters. The minimum Gasteiger partial charge on any atom is -0.468 e. The highest BCUT2D eigenvalue weighted by Gasteiger charge is 2.14. The van der Waals surface area contributed by atoms with E-state index in [-0.39, 0.29) is 36.6 Å². The summed E-state index contributed by atoms with van der Waals surface area (Å²) in [6.07, 6.45) is 16.0. The summed E-state index contributed by atoms with van der Waals surface area (Å²) < 4.78 is 4.58. The molecule has 0 aromatic heterocycles. The quantitative estimate of drug-likeness (QED) is 0.120. The summed E-state index contributed by atoms with van der Waals surface area (Å²) in [5, 5.41) is 5.77. The number of nitrogens with two attached hydrogens (primary N) is 2. The van der Waals surface area contributed by atoms with Crippen LogP contribution in [0, 0.1) is 0 Å². The number of esters is 1. The molecule has 0 heterocycles. The average molecular weight is 544 g/mol. The van der Waals surface area contributed by atoms with E-state index in [0.29, 0.717) is 32.4 Å². The van der Waals surface area contributed by atoms with Crippen LogP contribution in [-0.4, -0.2) is 50.1 Å². The minimum absolute atomic E-state index is 0. The van der Waals surface area contributed by atoms with Crippen LogP contribution < -0.4 is 22.1 Å². The second kappa shape index (κ2) is 27.5. The van der Waals surface area contributed by atoms with Gasteiger partial charge in [0.15, 0.2) is 0 Å². The van der Waals surface area contributed by atoms with Gasteiger partial charge in [-0.25, -0.2) is 0 Å². The van der Waals surface area contributed by atoms with Crippen molar-refractivity contribution in [1.29, 1.82) is 0 Å². The third kappa shape index (κ3) is 24.4. The molecule has 0 saturated heterocycles. The fraction of sp³-hybridized carbons (Fsp3) is 0.880. The molecule has 0 radical (unpaired) electrons. The van der Waals surface area contributed by atoms with Gasteiger partial charge in [0.25, 0.3) is 0 Å². The van der Waals surface area contributed by atoms with E-state index in [1.165, 1.54) is 52.1 Å². The van der Waals surface area contributed by atoms with E-state index in [4.69, 9.17) is 11.5 Å². The number of carbonyl (C=O) groups excluding carboxylic acids is 3. The van der Waals surface area contributed by atoms with Gasteiger partial charge in [0, 0.05) is 19.5 Å². The standard InChI is InChI=1S/C25H50N4O4.2ClH/c1-3-4-5-6-7-8-9-10-11-18-23(30)28-19-14-12-16-21(26)24(31)29-20-15-13-17-22(27)25(32)33-2;;/h21-22H,3-20,26-27H2,1-2H3,(H,28,30)(H,29,31);2*1H/t21-,22-;;/m0../s1. The van der Waals surface area contributed by atoms with Crippen LogP contribution in [0.15, 0.2) is 0 Å². The number of ether oxygens (including phenoxy) is 1. The van der Waals surface area contributed by atoms with Crippen LogP contribution in [-0.2, 0) is 19.1 Å². The summed E-state index contributed by atoms with van der Waals surface area (Å²) in [6.45, 7) is 3.37. The number of methoxy groups -OCH3 is 1. The van der Waals surface area contributed by atoms with Gasteiger partial charge in [0.1, 0.15) is 6.04 Å². The zero-order chi connectivity index (χ0) is 24.7. The van der Waals surface area contributed by atoms with Gasteiger partial charge < -0.3 is 26.8 Å². The van der Waals surface area contributed by atoms with Crippen molar-refractivity contribution >= 4 is 42.6 Å². The number of hydrogen-bond acceptors (Lipinski definition) is 6. The molecule has 0 aliphatic heterocycles. The molecule has 35 heavy (non-hydrogen) atoms. The molecular weight excluding hydrogens is 491 g/mol. The first-order valence-corrected chi connectivity index (χ1v) is 13.1. The topological polar surface area (TPSA) is 137 Å². The summed E-state index contributed by atoms with van der Waals surface area (Å²) >= 11 is 0. The fourth-order valence-corrected chi connectivity index (χ4v) is 3.63. The molecule has 0 aliphatic carbocycles.